The Bertz CT molecular complexity index is 930. The molecule has 1 aliphatic rings. The van der Waals surface area contributed by atoms with Crippen LogP contribution in [0, 0.1) is 6.92 Å². The fourth-order valence-electron chi connectivity index (χ4n) is 2.70. The smallest absolute Gasteiger partial charge is 0.288 e. The molecule has 3 N–H and O–H groups in total. The predicted molar refractivity (Wildman–Crippen MR) is 76.0 cm³/mol. The van der Waals surface area contributed by atoms with Gasteiger partial charge in [-0.1, -0.05) is 17.2 Å². The van der Waals surface area contributed by atoms with E-state index in [0.29, 0.717) is 22.9 Å². The molecule has 4 rings (SSSR count). The molecular formula is C13H11N7O2. The second-order valence-corrected chi connectivity index (χ2v) is 5.00. The van der Waals surface area contributed by atoms with Gasteiger partial charge in [0.25, 0.3) is 5.56 Å². The van der Waals surface area contributed by atoms with Gasteiger partial charge in [0.1, 0.15) is 17.5 Å². The zero-order valence-electron chi connectivity index (χ0n) is 11.5. The van der Waals surface area contributed by atoms with Gasteiger partial charge in [-0.05, 0) is 35.0 Å². The summed E-state index contributed by atoms with van der Waals surface area (Å²) in [6, 6.07) is 6.32. The summed E-state index contributed by atoms with van der Waals surface area (Å²) in [6.45, 7) is 1.79. The van der Waals surface area contributed by atoms with E-state index in [0.717, 1.165) is 5.56 Å². The lowest BCUT2D eigenvalue weighted by Gasteiger charge is -2.27. The highest BCUT2D eigenvalue weighted by molar-refractivity contribution is 5.64. The number of phenols is 1. The topological polar surface area (TPSA) is 122 Å². The molecule has 0 spiro atoms. The number of aryl methyl sites for hydroxylation is 1. The third kappa shape index (κ3) is 1.68. The van der Waals surface area contributed by atoms with Crippen molar-refractivity contribution < 1.29 is 5.11 Å². The van der Waals surface area contributed by atoms with Gasteiger partial charge in [0.2, 0.25) is 5.95 Å². The number of aromatic hydroxyl groups is 1. The van der Waals surface area contributed by atoms with Crippen LogP contribution in [0.15, 0.2) is 29.1 Å². The van der Waals surface area contributed by atoms with Crippen LogP contribution in [-0.2, 0) is 0 Å². The highest BCUT2D eigenvalue weighted by atomic mass is 16.3. The van der Waals surface area contributed by atoms with Crippen molar-refractivity contribution in [1.82, 2.24) is 30.4 Å². The van der Waals surface area contributed by atoms with Crippen LogP contribution in [-0.4, -0.2) is 35.5 Å². The number of nitrogens with one attached hydrogen (secondary N) is 2. The molecule has 9 heteroatoms. The molecule has 0 saturated heterocycles. The van der Waals surface area contributed by atoms with Gasteiger partial charge in [0.05, 0.1) is 5.69 Å². The first-order valence-corrected chi connectivity index (χ1v) is 6.58. The average molecular weight is 297 g/mol. The van der Waals surface area contributed by atoms with Gasteiger partial charge in [0, 0.05) is 5.56 Å². The quantitative estimate of drug-likeness (QED) is 0.466. The number of rotatable bonds is 1. The Hall–Kier alpha value is -3.23. The summed E-state index contributed by atoms with van der Waals surface area (Å²) in [5.74, 6) is 0.486. The van der Waals surface area contributed by atoms with Gasteiger partial charge in [0.15, 0.2) is 0 Å². The minimum atomic E-state index is -0.442. The Morgan fingerprint density at radius 1 is 1.36 bits per heavy atom. The van der Waals surface area contributed by atoms with Crippen LogP contribution in [0.3, 0.4) is 0 Å². The first-order valence-electron chi connectivity index (χ1n) is 6.58. The third-order valence-corrected chi connectivity index (χ3v) is 3.64. The molecule has 2 aromatic heterocycles. The third-order valence-electron chi connectivity index (χ3n) is 3.64. The van der Waals surface area contributed by atoms with E-state index >= 15 is 0 Å². The van der Waals surface area contributed by atoms with E-state index in [1.807, 2.05) is 6.07 Å². The van der Waals surface area contributed by atoms with Crippen molar-refractivity contribution in [2.24, 2.45) is 0 Å². The molecule has 1 aromatic carbocycles. The molecule has 0 amide bonds. The Kier molecular flexibility index (Phi) is 2.49. The summed E-state index contributed by atoms with van der Waals surface area (Å²) in [7, 11) is 0. The molecular weight excluding hydrogens is 286 g/mol. The highest BCUT2D eigenvalue weighted by Gasteiger charge is 2.32. The van der Waals surface area contributed by atoms with Gasteiger partial charge < -0.3 is 10.4 Å². The second-order valence-electron chi connectivity index (χ2n) is 5.00. The Morgan fingerprint density at radius 2 is 2.23 bits per heavy atom. The van der Waals surface area contributed by atoms with E-state index in [4.69, 9.17) is 0 Å². The van der Waals surface area contributed by atoms with Gasteiger partial charge in [-0.3, -0.25) is 4.79 Å². The van der Waals surface area contributed by atoms with Crippen molar-refractivity contribution >= 4 is 11.6 Å². The van der Waals surface area contributed by atoms with Crippen molar-refractivity contribution in [2.45, 2.75) is 13.0 Å². The van der Waals surface area contributed by atoms with Gasteiger partial charge in [-0.25, -0.2) is 5.10 Å². The average Bonchev–Trinajstić information content (AvgIpc) is 2.97. The van der Waals surface area contributed by atoms with E-state index in [1.54, 1.807) is 29.8 Å². The fraction of sp³-hybridized carbons (Fsp3) is 0.154. The van der Waals surface area contributed by atoms with Crippen LogP contribution in [0.5, 0.6) is 5.75 Å². The number of benzene rings is 1. The number of hydrogen-bond acceptors (Lipinski definition) is 7. The van der Waals surface area contributed by atoms with Crippen LogP contribution in [0.2, 0.25) is 0 Å². The standard InChI is InChI=1S/C13H11N7O2/c1-6-9-10(12(22)16-15-6)14-13-17-18-19-20(13)11(9)7-3-2-4-8(21)5-7/h2-5,11,21H,1H3,(H,16,22)(H,14,17,19)/t11-/m0/s1. The molecule has 22 heavy (non-hydrogen) atoms. The zero-order valence-corrected chi connectivity index (χ0v) is 11.5. The van der Waals surface area contributed by atoms with Gasteiger partial charge >= 0.3 is 0 Å². The molecule has 3 aromatic rings. The predicted octanol–water partition coefficient (Wildman–Crippen LogP) is 0.465. The van der Waals surface area contributed by atoms with Crippen molar-refractivity contribution in [2.75, 3.05) is 5.32 Å². The summed E-state index contributed by atoms with van der Waals surface area (Å²) in [5.41, 5.74) is 2.10. The number of fused-ring (bicyclic) bond motifs is 2. The van der Waals surface area contributed by atoms with E-state index in [9.17, 15) is 9.90 Å². The summed E-state index contributed by atoms with van der Waals surface area (Å²) in [6.07, 6.45) is 0. The molecule has 0 unspecified atom stereocenters. The molecule has 0 bridgehead atoms. The number of nitrogens with zero attached hydrogens (tertiary/aromatic N) is 5. The first-order chi connectivity index (χ1) is 10.6. The molecule has 1 atom stereocenters. The molecule has 0 saturated carbocycles. The molecule has 0 radical (unpaired) electrons. The number of phenolic OH excluding ortho intramolecular Hbond substituents is 1. The normalized spacial score (nSPS) is 15.8. The van der Waals surface area contributed by atoms with E-state index in [2.05, 4.69) is 31.0 Å². The van der Waals surface area contributed by atoms with Crippen LogP contribution in [0.4, 0.5) is 11.6 Å². The molecule has 110 valence electrons. The Balaban J connectivity index is 2.04. The van der Waals surface area contributed by atoms with Gasteiger partial charge in [-0.2, -0.15) is 9.78 Å². The summed E-state index contributed by atoms with van der Waals surface area (Å²) >= 11 is 0. The van der Waals surface area contributed by atoms with Crippen LogP contribution in [0.25, 0.3) is 0 Å². The summed E-state index contributed by atoms with van der Waals surface area (Å²) in [4.78, 5) is 12.1. The fourth-order valence-corrected chi connectivity index (χ4v) is 2.70. The Morgan fingerprint density at radius 3 is 3.05 bits per heavy atom. The van der Waals surface area contributed by atoms with Crippen LogP contribution in [0.1, 0.15) is 22.9 Å². The van der Waals surface area contributed by atoms with E-state index in [-0.39, 0.29) is 11.3 Å². The Labute approximate surface area is 123 Å². The maximum Gasteiger partial charge on any atom is 0.288 e. The maximum atomic E-state index is 12.1. The number of tetrazole rings is 1. The summed E-state index contributed by atoms with van der Waals surface area (Å²) < 4.78 is 1.56. The molecule has 0 fully saturated rings. The second kappa shape index (κ2) is 4.38. The van der Waals surface area contributed by atoms with Crippen LogP contribution >= 0.6 is 0 Å². The van der Waals surface area contributed by atoms with Crippen molar-refractivity contribution in [3.63, 3.8) is 0 Å². The van der Waals surface area contributed by atoms with Crippen LogP contribution < -0.4 is 10.9 Å². The summed E-state index contributed by atoms with van der Waals surface area (Å²) in [5, 5.41) is 30.7. The maximum absolute atomic E-state index is 12.1. The largest absolute Gasteiger partial charge is 0.508 e. The van der Waals surface area contributed by atoms with Crippen molar-refractivity contribution in [1.29, 1.82) is 0 Å². The highest BCUT2D eigenvalue weighted by Crippen LogP contribution is 2.38. The lowest BCUT2D eigenvalue weighted by atomic mass is 9.95. The van der Waals surface area contributed by atoms with Crippen molar-refractivity contribution in [3.8, 4) is 5.75 Å². The lowest BCUT2D eigenvalue weighted by molar-refractivity contribution is 0.472. The number of hydrogen-bond donors (Lipinski definition) is 3. The number of anilines is 2. The van der Waals surface area contributed by atoms with Crippen molar-refractivity contribution in [3.05, 3.63) is 51.4 Å². The molecule has 3 heterocycles. The number of aromatic nitrogens is 6. The molecule has 1 aliphatic heterocycles. The lowest BCUT2D eigenvalue weighted by Crippen LogP contribution is -2.29. The minimum Gasteiger partial charge on any atom is -0.508 e. The SMILES string of the molecule is Cc1n[nH]c(=O)c2c1[C@H](c1cccc(O)c1)n1nnnc1N2. The monoisotopic (exact) mass is 297 g/mol. The number of H-pyrrole nitrogens is 1. The number of aromatic amines is 1. The van der Waals surface area contributed by atoms with E-state index < -0.39 is 6.04 Å². The first kappa shape index (κ1) is 12.5. The zero-order chi connectivity index (χ0) is 15.3. The van der Waals surface area contributed by atoms with Gasteiger partial charge in [-0.15, -0.1) is 0 Å². The minimum absolute atomic E-state index is 0.127. The van der Waals surface area contributed by atoms with E-state index in [1.165, 1.54) is 0 Å². The molecule has 9 nitrogen and oxygen atoms in total. The molecule has 0 aliphatic carbocycles.